The van der Waals surface area contributed by atoms with Crippen LogP contribution in [0.4, 0.5) is 0 Å². The van der Waals surface area contributed by atoms with Crippen LogP contribution in [-0.2, 0) is 20.6 Å². The molecule has 2 aromatic heterocycles. The summed E-state index contributed by atoms with van der Waals surface area (Å²) in [7, 11) is 3.05. The van der Waals surface area contributed by atoms with Crippen molar-refractivity contribution in [1.82, 2.24) is 28.5 Å². The summed E-state index contributed by atoms with van der Waals surface area (Å²) in [4.78, 5) is 35.1. The molecule has 11 heteroatoms. The Morgan fingerprint density at radius 2 is 1.91 bits per heavy atom. The smallest absolute Gasteiger partial charge is 0.332 e. The lowest BCUT2D eigenvalue weighted by Gasteiger charge is -2.39. The zero-order chi connectivity index (χ0) is 24.2. The fraction of sp³-hybridized carbons (Fsp3) is 0.522. The molecule has 1 N–H and O–H groups in total. The number of aliphatic hydroxyl groups is 1. The van der Waals surface area contributed by atoms with Crippen LogP contribution in [-0.4, -0.2) is 82.2 Å². The number of aliphatic hydroxyl groups excluding tert-OH is 1. The average molecular weight is 599 g/mol. The molecule has 0 aliphatic carbocycles. The number of aromatic nitrogens is 4. The van der Waals surface area contributed by atoms with E-state index in [0.717, 1.165) is 42.9 Å². The van der Waals surface area contributed by atoms with Gasteiger partial charge in [-0.05, 0) is 30.9 Å². The number of fused-ring (bicyclic) bond motifs is 1. The Morgan fingerprint density at radius 1 is 1.15 bits per heavy atom. The fourth-order valence-electron chi connectivity index (χ4n) is 4.32. The first-order chi connectivity index (χ1) is 16.3. The van der Waals surface area contributed by atoms with Crippen LogP contribution in [0, 0.1) is 0 Å². The van der Waals surface area contributed by atoms with E-state index in [1.807, 2.05) is 17.8 Å². The van der Waals surface area contributed by atoms with E-state index < -0.39 is 17.4 Å². The van der Waals surface area contributed by atoms with Crippen LogP contribution in [0.5, 0.6) is 0 Å². The quantitative estimate of drug-likeness (QED) is 0.131. The summed E-state index contributed by atoms with van der Waals surface area (Å²) in [6, 6.07) is 10.5. The van der Waals surface area contributed by atoms with Gasteiger partial charge in [0.1, 0.15) is 0 Å². The fourth-order valence-corrected chi connectivity index (χ4v) is 6.25. The third-order valence-corrected chi connectivity index (χ3v) is 8.49. The van der Waals surface area contributed by atoms with Gasteiger partial charge < -0.3 is 9.67 Å². The number of benzene rings is 1. The first-order valence-electron chi connectivity index (χ1n) is 11.4. The molecule has 2 unspecified atom stereocenters. The maximum absolute atomic E-state index is 12.6. The molecule has 1 aliphatic rings. The Morgan fingerprint density at radius 3 is 2.65 bits per heavy atom. The molecule has 4 rings (SSSR count). The van der Waals surface area contributed by atoms with Crippen LogP contribution in [0.2, 0.25) is 0 Å². The molecule has 2 atom stereocenters. The summed E-state index contributed by atoms with van der Waals surface area (Å²) in [6.07, 6.45) is 2.03. The number of piperazine rings is 1. The molecular weight excluding hydrogens is 567 g/mol. The first kappa shape index (κ1) is 25.4. The molecule has 9 nitrogen and oxygen atoms in total. The lowest BCUT2D eigenvalue weighted by atomic mass is 10.2. The zero-order valence-electron chi connectivity index (χ0n) is 19.5. The van der Waals surface area contributed by atoms with E-state index in [-0.39, 0.29) is 6.54 Å². The SMILES string of the molecule is Cn1c(=O)c2c(ncn2CC(O)CN2CCN(CCCSc3ccccc3)CC2I)n(C)c1=O. The summed E-state index contributed by atoms with van der Waals surface area (Å²) < 4.78 is 4.41. The van der Waals surface area contributed by atoms with Gasteiger partial charge in [-0.25, -0.2) is 9.78 Å². The van der Waals surface area contributed by atoms with E-state index in [4.69, 9.17) is 0 Å². The normalized spacial score (nSPS) is 18.5. The number of halogens is 1. The average Bonchev–Trinajstić information content (AvgIpc) is 3.25. The monoisotopic (exact) mass is 598 g/mol. The lowest BCUT2D eigenvalue weighted by Crippen LogP contribution is -2.52. The third kappa shape index (κ3) is 5.76. The molecule has 0 amide bonds. The summed E-state index contributed by atoms with van der Waals surface area (Å²) in [5.41, 5.74) is -0.125. The lowest BCUT2D eigenvalue weighted by molar-refractivity contribution is 0.0596. The van der Waals surface area contributed by atoms with E-state index in [0.29, 0.717) is 21.8 Å². The van der Waals surface area contributed by atoms with Gasteiger partial charge in [0.2, 0.25) is 0 Å². The Labute approximate surface area is 216 Å². The number of rotatable bonds is 9. The van der Waals surface area contributed by atoms with Crippen LogP contribution in [0.3, 0.4) is 0 Å². The number of nitrogens with zero attached hydrogens (tertiary/aromatic N) is 6. The van der Waals surface area contributed by atoms with Crippen molar-refractivity contribution >= 4 is 45.5 Å². The van der Waals surface area contributed by atoms with Crippen molar-refractivity contribution in [1.29, 1.82) is 0 Å². The van der Waals surface area contributed by atoms with E-state index >= 15 is 0 Å². The topological polar surface area (TPSA) is 88.5 Å². The van der Waals surface area contributed by atoms with Gasteiger partial charge in [0.15, 0.2) is 11.2 Å². The molecule has 1 aromatic carbocycles. The van der Waals surface area contributed by atoms with Crippen molar-refractivity contribution in [3.63, 3.8) is 0 Å². The van der Waals surface area contributed by atoms with Crippen molar-refractivity contribution < 1.29 is 5.11 Å². The van der Waals surface area contributed by atoms with Gasteiger partial charge in [-0.1, -0.05) is 40.8 Å². The molecule has 3 heterocycles. The van der Waals surface area contributed by atoms with E-state index in [1.54, 1.807) is 11.6 Å². The first-order valence-corrected chi connectivity index (χ1v) is 13.7. The summed E-state index contributed by atoms with van der Waals surface area (Å²) in [6.45, 7) is 4.72. The number of imidazole rings is 1. The largest absolute Gasteiger partial charge is 0.390 e. The van der Waals surface area contributed by atoms with Crippen molar-refractivity contribution in [3.8, 4) is 0 Å². The standard InChI is InChI=1S/C23H31IN6O3S/c1-26-21-20(22(32)27(2)23(26)33)30(16-25-21)14-17(31)13-29-11-10-28(15-19(29)24)9-6-12-34-18-7-4-3-5-8-18/h3-5,7-8,16-17,19,31H,6,9-15H2,1-2H3. The predicted molar refractivity (Wildman–Crippen MR) is 144 cm³/mol. The Hall–Kier alpha value is -1.67. The minimum atomic E-state index is -0.648. The van der Waals surface area contributed by atoms with Crippen LogP contribution in [0.25, 0.3) is 11.2 Å². The zero-order valence-corrected chi connectivity index (χ0v) is 22.5. The van der Waals surface area contributed by atoms with Crippen molar-refractivity contribution in [2.45, 2.75) is 28.0 Å². The highest BCUT2D eigenvalue weighted by molar-refractivity contribution is 14.1. The molecule has 0 spiro atoms. The Balaban J connectivity index is 1.27. The van der Waals surface area contributed by atoms with Gasteiger partial charge in [0.25, 0.3) is 5.56 Å². The van der Waals surface area contributed by atoms with Crippen LogP contribution in [0.1, 0.15) is 6.42 Å². The van der Waals surface area contributed by atoms with Crippen LogP contribution in [0.15, 0.2) is 51.1 Å². The third-order valence-electron chi connectivity index (χ3n) is 6.21. The van der Waals surface area contributed by atoms with Crippen LogP contribution >= 0.6 is 34.4 Å². The highest BCUT2D eigenvalue weighted by Gasteiger charge is 2.26. The van der Waals surface area contributed by atoms with E-state index in [2.05, 4.69) is 61.6 Å². The number of alkyl halides is 1. The molecule has 1 saturated heterocycles. The van der Waals surface area contributed by atoms with Gasteiger partial charge in [-0.15, -0.1) is 11.8 Å². The highest BCUT2D eigenvalue weighted by atomic mass is 127. The molecule has 0 radical (unpaired) electrons. The molecule has 3 aromatic rings. The van der Waals surface area contributed by atoms with E-state index in [1.165, 1.54) is 22.8 Å². The molecule has 184 valence electrons. The van der Waals surface area contributed by atoms with Crippen molar-refractivity contribution in [2.24, 2.45) is 14.1 Å². The van der Waals surface area contributed by atoms with Crippen molar-refractivity contribution in [3.05, 3.63) is 57.5 Å². The second-order valence-corrected chi connectivity index (χ2v) is 11.3. The van der Waals surface area contributed by atoms with Crippen LogP contribution < -0.4 is 11.2 Å². The number of thioether (sulfide) groups is 1. The number of aryl methyl sites for hydroxylation is 1. The molecule has 34 heavy (non-hydrogen) atoms. The molecule has 1 fully saturated rings. The second kappa shape index (κ2) is 11.4. The van der Waals surface area contributed by atoms with Gasteiger partial charge >= 0.3 is 5.69 Å². The summed E-state index contributed by atoms with van der Waals surface area (Å²) in [5.74, 6) is 1.11. The number of hydrogen-bond acceptors (Lipinski definition) is 7. The summed E-state index contributed by atoms with van der Waals surface area (Å²) in [5, 5.41) is 10.8. The van der Waals surface area contributed by atoms with Crippen molar-refractivity contribution in [2.75, 3.05) is 38.5 Å². The van der Waals surface area contributed by atoms with Gasteiger partial charge in [-0.2, -0.15) is 0 Å². The van der Waals surface area contributed by atoms with Gasteiger partial charge in [0.05, 0.1) is 23.0 Å². The second-order valence-electron chi connectivity index (χ2n) is 8.67. The minimum absolute atomic E-state index is 0.254. The number of hydrogen-bond donors (Lipinski definition) is 1. The Bertz CT molecular complexity index is 1230. The summed E-state index contributed by atoms with van der Waals surface area (Å²) >= 11 is 4.36. The van der Waals surface area contributed by atoms with Gasteiger partial charge in [-0.3, -0.25) is 23.7 Å². The van der Waals surface area contributed by atoms with E-state index in [9.17, 15) is 14.7 Å². The maximum Gasteiger partial charge on any atom is 0.332 e. The van der Waals surface area contributed by atoms with Gasteiger partial charge in [0, 0.05) is 45.2 Å². The molecule has 0 saturated carbocycles. The Kier molecular flexibility index (Phi) is 8.51. The highest BCUT2D eigenvalue weighted by Crippen LogP contribution is 2.20. The maximum atomic E-state index is 12.6. The molecule has 0 bridgehead atoms. The number of β-amino-alcohol motifs (C(OH)–C–C–N with tert-alkyl or cyclic N) is 1. The minimum Gasteiger partial charge on any atom is -0.390 e. The molecule has 1 aliphatic heterocycles. The predicted octanol–water partition coefficient (Wildman–Crippen LogP) is 1.36. The molecular formula is C23H31IN6O3S.